The minimum Gasteiger partial charge on any atom is -0.497 e. The Morgan fingerprint density at radius 2 is 2.06 bits per heavy atom. The summed E-state index contributed by atoms with van der Waals surface area (Å²) in [4.78, 5) is 11.4. The quantitative estimate of drug-likeness (QED) is 0.691. The zero-order valence-electron chi connectivity index (χ0n) is 9.35. The van der Waals surface area contributed by atoms with Gasteiger partial charge in [0, 0.05) is 6.07 Å². The summed E-state index contributed by atoms with van der Waals surface area (Å²) in [7, 11) is 1.57. The Morgan fingerprint density at radius 1 is 1.24 bits per heavy atom. The average Bonchev–Trinajstić information content (AvgIpc) is 2.62. The van der Waals surface area contributed by atoms with Crippen LogP contribution in [-0.2, 0) is 9.53 Å². The van der Waals surface area contributed by atoms with Crippen molar-refractivity contribution >= 4 is 5.97 Å². The second-order valence-corrected chi connectivity index (χ2v) is 3.76. The molecule has 88 valence electrons. The van der Waals surface area contributed by atoms with E-state index >= 15 is 0 Å². The first kappa shape index (κ1) is 10.0. The number of hydrogen-bond donors (Lipinski definition) is 0. The standard InChI is InChI=1S/C12H10O5/c1-6-10-11(12(13)15-6)16-8-4-3-7(14-2)5-9(8)17-10/h3-6H,1-2H3. The predicted molar refractivity (Wildman–Crippen MR) is 56.8 cm³/mol. The van der Waals surface area contributed by atoms with Gasteiger partial charge in [0.2, 0.25) is 0 Å². The molecule has 2 aliphatic rings. The number of esters is 1. The highest BCUT2D eigenvalue weighted by Crippen LogP contribution is 2.41. The lowest BCUT2D eigenvalue weighted by Crippen LogP contribution is -2.14. The molecule has 17 heavy (non-hydrogen) atoms. The largest absolute Gasteiger partial charge is 0.497 e. The van der Waals surface area contributed by atoms with Crippen molar-refractivity contribution in [1.82, 2.24) is 0 Å². The van der Waals surface area contributed by atoms with E-state index in [2.05, 4.69) is 0 Å². The number of carbonyl (C=O) groups excluding carboxylic acids is 1. The monoisotopic (exact) mass is 234 g/mol. The topological polar surface area (TPSA) is 54.0 Å². The third-order valence-corrected chi connectivity index (χ3v) is 2.65. The van der Waals surface area contributed by atoms with Crippen molar-refractivity contribution in [2.45, 2.75) is 13.0 Å². The molecule has 0 saturated heterocycles. The zero-order valence-corrected chi connectivity index (χ0v) is 9.35. The first-order valence-electron chi connectivity index (χ1n) is 5.18. The predicted octanol–water partition coefficient (Wildman–Crippen LogP) is 1.62. The summed E-state index contributed by atoms with van der Waals surface area (Å²) in [6.07, 6.45) is -0.420. The van der Waals surface area contributed by atoms with Gasteiger partial charge in [-0.2, -0.15) is 0 Å². The molecule has 5 nitrogen and oxygen atoms in total. The Labute approximate surface area is 97.5 Å². The van der Waals surface area contributed by atoms with Crippen LogP contribution in [0.3, 0.4) is 0 Å². The van der Waals surface area contributed by atoms with E-state index in [9.17, 15) is 4.79 Å². The minimum atomic E-state index is -0.492. The molecule has 1 unspecified atom stereocenters. The highest BCUT2D eigenvalue weighted by molar-refractivity contribution is 5.90. The molecule has 1 aromatic rings. The van der Waals surface area contributed by atoms with Crippen molar-refractivity contribution in [3.63, 3.8) is 0 Å². The number of fused-ring (bicyclic) bond motifs is 1. The van der Waals surface area contributed by atoms with Gasteiger partial charge in [-0.15, -0.1) is 0 Å². The van der Waals surface area contributed by atoms with Crippen molar-refractivity contribution in [2.75, 3.05) is 7.11 Å². The van der Waals surface area contributed by atoms with Crippen LogP contribution in [0.2, 0.25) is 0 Å². The SMILES string of the molecule is COc1ccc2c(c1)OC1=C(O2)C(=O)OC1C. The molecule has 0 radical (unpaired) electrons. The normalized spacial score (nSPS) is 21.1. The number of ether oxygens (including phenoxy) is 4. The van der Waals surface area contributed by atoms with Gasteiger partial charge >= 0.3 is 5.97 Å². The summed E-state index contributed by atoms with van der Waals surface area (Å²) in [6, 6.07) is 5.13. The molecular weight excluding hydrogens is 224 g/mol. The van der Waals surface area contributed by atoms with Gasteiger partial charge < -0.3 is 18.9 Å². The van der Waals surface area contributed by atoms with Crippen molar-refractivity contribution < 1.29 is 23.7 Å². The van der Waals surface area contributed by atoms with Crippen LogP contribution in [0, 0.1) is 0 Å². The Hall–Kier alpha value is -2.17. The molecule has 0 saturated carbocycles. The third-order valence-electron chi connectivity index (χ3n) is 2.65. The van der Waals surface area contributed by atoms with Crippen molar-refractivity contribution in [1.29, 1.82) is 0 Å². The number of carbonyl (C=O) groups is 1. The lowest BCUT2D eigenvalue weighted by molar-refractivity contribution is -0.141. The number of benzene rings is 1. The van der Waals surface area contributed by atoms with E-state index in [-0.39, 0.29) is 5.76 Å². The molecule has 0 aliphatic carbocycles. The van der Waals surface area contributed by atoms with Gasteiger partial charge in [0.1, 0.15) is 5.75 Å². The van der Waals surface area contributed by atoms with Gasteiger partial charge in [-0.1, -0.05) is 0 Å². The van der Waals surface area contributed by atoms with Gasteiger partial charge in [0.25, 0.3) is 5.76 Å². The molecule has 0 amide bonds. The van der Waals surface area contributed by atoms with Gasteiger partial charge in [-0.05, 0) is 19.1 Å². The zero-order chi connectivity index (χ0) is 12.0. The van der Waals surface area contributed by atoms with Crippen LogP contribution in [0.25, 0.3) is 0 Å². The lowest BCUT2D eigenvalue weighted by Gasteiger charge is -2.19. The maximum absolute atomic E-state index is 11.4. The van der Waals surface area contributed by atoms with E-state index in [1.54, 1.807) is 32.2 Å². The summed E-state index contributed by atoms with van der Waals surface area (Å²) in [5, 5.41) is 0. The molecule has 3 rings (SSSR count). The second kappa shape index (κ2) is 3.41. The molecule has 0 N–H and O–H groups in total. The van der Waals surface area contributed by atoms with E-state index in [0.717, 1.165) is 0 Å². The molecule has 0 spiro atoms. The van der Waals surface area contributed by atoms with Crippen LogP contribution in [0.1, 0.15) is 6.92 Å². The number of hydrogen-bond acceptors (Lipinski definition) is 5. The average molecular weight is 234 g/mol. The van der Waals surface area contributed by atoms with Gasteiger partial charge in [-0.25, -0.2) is 4.79 Å². The molecule has 0 aromatic heterocycles. The first-order valence-corrected chi connectivity index (χ1v) is 5.18. The lowest BCUT2D eigenvalue weighted by atomic mass is 10.2. The van der Waals surface area contributed by atoms with E-state index in [0.29, 0.717) is 23.0 Å². The van der Waals surface area contributed by atoms with E-state index in [4.69, 9.17) is 18.9 Å². The molecule has 5 heteroatoms. The number of rotatable bonds is 1. The van der Waals surface area contributed by atoms with Gasteiger partial charge in [-0.3, -0.25) is 0 Å². The van der Waals surface area contributed by atoms with Crippen LogP contribution >= 0.6 is 0 Å². The van der Waals surface area contributed by atoms with Crippen LogP contribution < -0.4 is 14.2 Å². The van der Waals surface area contributed by atoms with Crippen molar-refractivity contribution in [3.8, 4) is 17.2 Å². The third kappa shape index (κ3) is 1.43. The van der Waals surface area contributed by atoms with Crippen LogP contribution in [-0.4, -0.2) is 19.2 Å². The fourth-order valence-electron chi connectivity index (χ4n) is 1.78. The fourth-order valence-corrected chi connectivity index (χ4v) is 1.78. The van der Waals surface area contributed by atoms with E-state index in [1.807, 2.05) is 0 Å². The molecule has 0 fully saturated rings. The molecule has 2 heterocycles. The molecule has 0 bridgehead atoms. The summed E-state index contributed by atoms with van der Waals surface area (Å²) in [6.45, 7) is 1.73. The van der Waals surface area contributed by atoms with Gasteiger partial charge in [0.15, 0.2) is 23.4 Å². The van der Waals surface area contributed by atoms with E-state index < -0.39 is 12.1 Å². The molecular formula is C12H10O5. The highest BCUT2D eigenvalue weighted by atomic mass is 16.6. The summed E-state index contributed by atoms with van der Waals surface area (Å²) >= 11 is 0. The Bertz CT molecular complexity index is 532. The number of cyclic esters (lactones) is 1. The highest BCUT2D eigenvalue weighted by Gasteiger charge is 2.39. The maximum atomic E-state index is 11.4. The molecule has 1 aromatic carbocycles. The summed E-state index contributed by atoms with van der Waals surface area (Å²) in [5.41, 5.74) is 0. The van der Waals surface area contributed by atoms with Gasteiger partial charge in [0.05, 0.1) is 7.11 Å². The minimum absolute atomic E-state index is 0.134. The van der Waals surface area contributed by atoms with E-state index in [1.165, 1.54) is 0 Å². The maximum Gasteiger partial charge on any atom is 0.378 e. The number of methoxy groups -OCH3 is 1. The van der Waals surface area contributed by atoms with Crippen LogP contribution in [0.4, 0.5) is 0 Å². The fraction of sp³-hybridized carbons (Fsp3) is 0.250. The van der Waals surface area contributed by atoms with Crippen molar-refractivity contribution in [3.05, 3.63) is 29.7 Å². The van der Waals surface area contributed by atoms with Crippen molar-refractivity contribution in [2.24, 2.45) is 0 Å². The van der Waals surface area contributed by atoms with Crippen LogP contribution in [0.15, 0.2) is 29.7 Å². The first-order chi connectivity index (χ1) is 8.19. The molecule has 2 aliphatic heterocycles. The Balaban J connectivity index is 2.02. The smallest absolute Gasteiger partial charge is 0.378 e. The molecule has 1 atom stereocenters. The Morgan fingerprint density at radius 3 is 2.82 bits per heavy atom. The second-order valence-electron chi connectivity index (χ2n) is 3.76. The Kier molecular flexibility index (Phi) is 2.01. The van der Waals surface area contributed by atoms with Crippen LogP contribution in [0.5, 0.6) is 17.2 Å². The summed E-state index contributed by atoms with van der Waals surface area (Å²) < 4.78 is 21.2. The summed E-state index contributed by atoms with van der Waals surface area (Å²) in [5.74, 6) is 1.72.